The molecule has 1 N–H and O–H groups in total. The Balaban J connectivity index is 1.54. The summed E-state index contributed by atoms with van der Waals surface area (Å²) in [6, 6.07) is 10.6. The summed E-state index contributed by atoms with van der Waals surface area (Å²) in [5.74, 6) is -0.112. The van der Waals surface area contributed by atoms with Crippen molar-refractivity contribution in [2.24, 2.45) is 0 Å². The van der Waals surface area contributed by atoms with Crippen LogP contribution in [0.2, 0.25) is 0 Å². The number of thiophene rings is 1. The van der Waals surface area contributed by atoms with Crippen molar-refractivity contribution in [1.29, 1.82) is 0 Å². The smallest absolute Gasteiger partial charge is 0.263 e. The van der Waals surface area contributed by atoms with E-state index in [1.807, 2.05) is 28.5 Å². The number of amides is 1. The van der Waals surface area contributed by atoms with Crippen LogP contribution < -0.4 is 5.32 Å². The topological polar surface area (TPSA) is 32.3 Å². The summed E-state index contributed by atoms with van der Waals surface area (Å²) in [5, 5.41) is 5.26. The number of hydrogen-bond donors (Lipinski definition) is 1. The van der Waals surface area contributed by atoms with Crippen LogP contribution in [0.15, 0.2) is 41.8 Å². The Hall–Kier alpha value is -1.88. The SMILES string of the molecule is O=C(c1cccs1)N1CCC(Nc2cccc(F)c2)CC1. The molecule has 0 bridgehead atoms. The lowest BCUT2D eigenvalue weighted by molar-refractivity contribution is 0.0723. The van der Waals surface area contributed by atoms with E-state index >= 15 is 0 Å². The quantitative estimate of drug-likeness (QED) is 0.939. The van der Waals surface area contributed by atoms with Gasteiger partial charge in [0.05, 0.1) is 4.88 Å². The Bertz CT molecular complexity index is 606. The van der Waals surface area contributed by atoms with Crippen molar-refractivity contribution in [3.63, 3.8) is 0 Å². The first-order valence-corrected chi connectivity index (χ1v) is 7.95. The van der Waals surface area contributed by atoms with E-state index in [1.54, 1.807) is 6.07 Å². The van der Waals surface area contributed by atoms with Gasteiger partial charge in [-0.25, -0.2) is 4.39 Å². The van der Waals surface area contributed by atoms with Gasteiger partial charge in [-0.15, -0.1) is 11.3 Å². The molecule has 0 saturated carbocycles. The number of benzene rings is 1. The maximum Gasteiger partial charge on any atom is 0.263 e. The number of likely N-dealkylation sites (tertiary alicyclic amines) is 1. The van der Waals surface area contributed by atoms with Crippen LogP contribution in [-0.4, -0.2) is 29.9 Å². The fraction of sp³-hybridized carbons (Fsp3) is 0.312. The lowest BCUT2D eigenvalue weighted by atomic mass is 10.0. The van der Waals surface area contributed by atoms with Gasteiger partial charge >= 0.3 is 0 Å². The highest BCUT2D eigenvalue weighted by Crippen LogP contribution is 2.20. The summed E-state index contributed by atoms with van der Waals surface area (Å²) in [7, 11) is 0. The number of halogens is 1. The van der Waals surface area contributed by atoms with Crippen molar-refractivity contribution < 1.29 is 9.18 Å². The molecule has 1 aromatic heterocycles. The minimum Gasteiger partial charge on any atom is -0.382 e. The third-order valence-corrected chi connectivity index (χ3v) is 4.57. The van der Waals surface area contributed by atoms with Gasteiger partial charge in [0.25, 0.3) is 5.91 Å². The number of carbonyl (C=O) groups excluding carboxylic acids is 1. The predicted octanol–water partition coefficient (Wildman–Crippen LogP) is 3.60. The van der Waals surface area contributed by atoms with E-state index in [2.05, 4.69) is 5.32 Å². The second kappa shape index (κ2) is 6.26. The zero-order valence-corrected chi connectivity index (χ0v) is 12.4. The first-order valence-electron chi connectivity index (χ1n) is 7.07. The van der Waals surface area contributed by atoms with Gasteiger partial charge < -0.3 is 10.2 Å². The molecule has 0 radical (unpaired) electrons. The van der Waals surface area contributed by atoms with E-state index in [-0.39, 0.29) is 11.7 Å². The summed E-state index contributed by atoms with van der Waals surface area (Å²) in [6.07, 6.45) is 1.77. The minimum atomic E-state index is -0.231. The second-order valence-corrected chi connectivity index (χ2v) is 6.15. The number of piperidine rings is 1. The van der Waals surface area contributed by atoms with Gasteiger partial charge in [-0.2, -0.15) is 0 Å². The predicted molar refractivity (Wildman–Crippen MR) is 83.3 cm³/mol. The van der Waals surface area contributed by atoms with Crippen molar-refractivity contribution >= 4 is 22.9 Å². The average Bonchev–Trinajstić information content (AvgIpc) is 3.01. The number of nitrogens with zero attached hydrogens (tertiary/aromatic N) is 1. The van der Waals surface area contributed by atoms with Crippen LogP contribution in [0.3, 0.4) is 0 Å². The third-order valence-electron chi connectivity index (χ3n) is 3.71. The van der Waals surface area contributed by atoms with Crippen LogP contribution in [0.4, 0.5) is 10.1 Å². The van der Waals surface area contributed by atoms with E-state index in [9.17, 15) is 9.18 Å². The summed E-state index contributed by atoms with van der Waals surface area (Å²) >= 11 is 1.48. The maximum atomic E-state index is 13.2. The Kier molecular flexibility index (Phi) is 4.20. The van der Waals surface area contributed by atoms with Crippen molar-refractivity contribution in [2.45, 2.75) is 18.9 Å². The normalized spacial score (nSPS) is 16.0. The monoisotopic (exact) mass is 304 g/mol. The largest absolute Gasteiger partial charge is 0.382 e. The van der Waals surface area contributed by atoms with Crippen LogP contribution >= 0.6 is 11.3 Å². The molecule has 5 heteroatoms. The molecule has 3 rings (SSSR count). The van der Waals surface area contributed by atoms with Crippen molar-refractivity contribution in [3.8, 4) is 0 Å². The van der Waals surface area contributed by atoms with Gasteiger partial charge in [0.15, 0.2) is 0 Å². The lowest BCUT2D eigenvalue weighted by Gasteiger charge is -2.32. The number of nitrogens with one attached hydrogen (secondary N) is 1. The fourth-order valence-electron chi connectivity index (χ4n) is 2.60. The standard InChI is InChI=1S/C16H17FN2OS/c17-12-3-1-4-14(11-12)18-13-6-8-19(9-7-13)16(20)15-5-2-10-21-15/h1-5,10-11,13,18H,6-9H2. The van der Waals surface area contributed by atoms with E-state index in [1.165, 1.54) is 23.5 Å². The van der Waals surface area contributed by atoms with Crippen LogP contribution in [-0.2, 0) is 0 Å². The van der Waals surface area contributed by atoms with Crippen LogP contribution in [0.25, 0.3) is 0 Å². The summed E-state index contributed by atoms with van der Waals surface area (Å²) < 4.78 is 13.2. The van der Waals surface area contributed by atoms with E-state index < -0.39 is 0 Å². The highest BCUT2D eigenvalue weighted by Gasteiger charge is 2.23. The molecule has 1 aromatic carbocycles. The van der Waals surface area contributed by atoms with Crippen molar-refractivity contribution in [2.75, 3.05) is 18.4 Å². The molecule has 1 amide bonds. The number of rotatable bonds is 3. The molecule has 2 heterocycles. The maximum absolute atomic E-state index is 13.2. The van der Waals surface area contributed by atoms with E-state index in [4.69, 9.17) is 0 Å². The zero-order valence-electron chi connectivity index (χ0n) is 11.6. The third kappa shape index (κ3) is 3.42. The van der Waals surface area contributed by atoms with Gasteiger partial charge in [0, 0.05) is 24.8 Å². The average molecular weight is 304 g/mol. The van der Waals surface area contributed by atoms with Crippen molar-refractivity contribution in [1.82, 2.24) is 4.90 Å². The molecule has 1 aliphatic rings. The minimum absolute atomic E-state index is 0.120. The van der Waals surface area contributed by atoms with Gasteiger partial charge in [0.2, 0.25) is 0 Å². The highest BCUT2D eigenvalue weighted by molar-refractivity contribution is 7.12. The molecule has 21 heavy (non-hydrogen) atoms. The van der Waals surface area contributed by atoms with E-state index in [0.717, 1.165) is 36.5 Å². The molecular weight excluding hydrogens is 287 g/mol. The first-order chi connectivity index (χ1) is 10.2. The Morgan fingerprint density at radius 2 is 2.05 bits per heavy atom. The number of anilines is 1. The van der Waals surface area contributed by atoms with Gasteiger partial charge in [-0.05, 0) is 42.5 Å². The van der Waals surface area contributed by atoms with Crippen LogP contribution in [0.1, 0.15) is 22.5 Å². The summed E-state index contributed by atoms with van der Waals surface area (Å²) in [5.41, 5.74) is 0.804. The number of hydrogen-bond acceptors (Lipinski definition) is 3. The molecule has 0 spiro atoms. The van der Waals surface area contributed by atoms with Crippen molar-refractivity contribution in [3.05, 3.63) is 52.5 Å². The Morgan fingerprint density at radius 1 is 1.24 bits per heavy atom. The van der Waals surface area contributed by atoms with Gasteiger partial charge in [-0.1, -0.05) is 12.1 Å². The zero-order chi connectivity index (χ0) is 14.7. The molecule has 110 valence electrons. The number of carbonyl (C=O) groups is 1. The molecule has 0 aliphatic carbocycles. The molecule has 1 saturated heterocycles. The highest BCUT2D eigenvalue weighted by atomic mass is 32.1. The first kappa shape index (κ1) is 14.1. The summed E-state index contributed by atoms with van der Waals surface area (Å²) in [6.45, 7) is 1.48. The molecular formula is C16H17FN2OS. The van der Waals surface area contributed by atoms with Gasteiger partial charge in [0.1, 0.15) is 5.82 Å². The second-order valence-electron chi connectivity index (χ2n) is 5.20. The molecule has 3 nitrogen and oxygen atoms in total. The van der Waals surface area contributed by atoms with Crippen LogP contribution in [0, 0.1) is 5.82 Å². The van der Waals surface area contributed by atoms with Gasteiger partial charge in [-0.3, -0.25) is 4.79 Å². The molecule has 2 aromatic rings. The summed E-state index contributed by atoms with van der Waals surface area (Å²) in [4.78, 5) is 14.9. The Labute approximate surface area is 127 Å². The Morgan fingerprint density at radius 3 is 2.71 bits per heavy atom. The van der Waals surface area contributed by atoms with Crippen LogP contribution in [0.5, 0.6) is 0 Å². The molecule has 1 aliphatic heterocycles. The van der Waals surface area contributed by atoms with E-state index in [0.29, 0.717) is 6.04 Å². The fourth-order valence-corrected chi connectivity index (χ4v) is 3.29. The molecule has 0 unspecified atom stereocenters. The molecule has 0 atom stereocenters. The lowest BCUT2D eigenvalue weighted by Crippen LogP contribution is -2.42. The molecule has 1 fully saturated rings.